The molecule has 0 aromatic carbocycles. The molecule has 0 radical (unpaired) electrons. The standard InChI is InChI=1S/C13H24N2O2/c1-3-4-5-8-14-12(16)13(17)15-9-6-7-11(2)10-15/h11H,3-10H2,1-2H3,(H,14,16). The third-order valence-electron chi connectivity index (χ3n) is 3.20. The Kier molecular flexibility index (Phi) is 6.01. The van der Waals surface area contributed by atoms with E-state index in [9.17, 15) is 9.59 Å². The summed E-state index contributed by atoms with van der Waals surface area (Å²) in [6.07, 6.45) is 5.33. The number of hydrogen-bond donors (Lipinski definition) is 1. The number of rotatable bonds is 4. The molecule has 1 N–H and O–H groups in total. The Morgan fingerprint density at radius 2 is 2.12 bits per heavy atom. The Morgan fingerprint density at radius 3 is 2.76 bits per heavy atom. The van der Waals surface area contributed by atoms with Crippen LogP contribution >= 0.6 is 0 Å². The van der Waals surface area contributed by atoms with Crippen molar-refractivity contribution in [1.29, 1.82) is 0 Å². The van der Waals surface area contributed by atoms with Crippen LogP contribution in [0.15, 0.2) is 0 Å². The smallest absolute Gasteiger partial charge is 0.311 e. The molecular formula is C13H24N2O2. The van der Waals surface area contributed by atoms with E-state index in [4.69, 9.17) is 0 Å². The molecule has 1 heterocycles. The van der Waals surface area contributed by atoms with Gasteiger partial charge in [-0.15, -0.1) is 0 Å². The molecular weight excluding hydrogens is 216 g/mol. The van der Waals surface area contributed by atoms with Gasteiger partial charge in [-0.1, -0.05) is 26.7 Å². The van der Waals surface area contributed by atoms with Gasteiger partial charge in [0.15, 0.2) is 0 Å². The number of piperidine rings is 1. The maximum absolute atomic E-state index is 11.8. The maximum Gasteiger partial charge on any atom is 0.311 e. The molecule has 1 fully saturated rings. The van der Waals surface area contributed by atoms with Crippen LogP contribution in [0.2, 0.25) is 0 Å². The van der Waals surface area contributed by atoms with Crippen LogP contribution in [0.3, 0.4) is 0 Å². The van der Waals surface area contributed by atoms with E-state index < -0.39 is 5.91 Å². The quantitative estimate of drug-likeness (QED) is 0.599. The molecule has 0 aliphatic carbocycles. The Balaban J connectivity index is 2.28. The minimum atomic E-state index is -0.435. The Hall–Kier alpha value is -1.06. The van der Waals surface area contributed by atoms with E-state index >= 15 is 0 Å². The van der Waals surface area contributed by atoms with Gasteiger partial charge in [-0.2, -0.15) is 0 Å². The Bertz CT molecular complexity index is 266. The van der Waals surface area contributed by atoms with Crippen molar-refractivity contribution >= 4 is 11.8 Å². The SMILES string of the molecule is CCCCCNC(=O)C(=O)N1CCCC(C)C1. The third kappa shape index (κ3) is 4.75. The summed E-state index contributed by atoms with van der Waals surface area (Å²) in [6, 6.07) is 0. The zero-order chi connectivity index (χ0) is 12.7. The van der Waals surface area contributed by atoms with E-state index in [2.05, 4.69) is 19.2 Å². The second-order valence-corrected chi connectivity index (χ2v) is 4.96. The molecule has 17 heavy (non-hydrogen) atoms. The van der Waals surface area contributed by atoms with Gasteiger partial charge in [-0.05, 0) is 25.2 Å². The summed E-state index contributed by atoms with van der Waals surface area (Å²) in [7, 11) is 0. The average molecular weight is 240 g/mol. The van der Waals surface area contributed by atoms with Crippen molar-refractivity contribution in [1.82, 2.24) is 10.2 Å². The van der Waals surface area contributed by atoms with Crippen molar-refractivity contribution in [2.75, 3.05) is 19.6 Å². The minimum Gasteiger partial charge on any atom is -0.348 e. The summed E-state index contributed by atoms with van der Waals surface area (Å²) >= 11 is 0. The molecule has 0 aromatic heterocycles. The lowest BCUT2D eigenvalue weighted by Gasteiger charge is -2.30. The van der Waals surface area contributed by atoms with Crippen LogP contribution in [0, 0.1) is 5.92 Å². The van der Waals surface area contributed by atoms with Crippen molar-refractivity contribution in [3.63, 3.8) is 0 Å². The molecule has 0 bridgehead atoms. The largest absolute Gasteiger partial charge is 0.348 e. The number of hydrogen-bond acceptors (Lipinski definition) is 2. The number of unbranched alkanes of at least 4 members (excludes halogenated alkanes) is 2. The third-order valence-corrected chi connectivity index (χ3v) is 3.20. The fraction of sp³-hybridized carbons (Fsp3) is 0.846. The second-order valence-electron chi connectivity index (χ2n) is 4.96. The summed E-state index contributed by atoms with van der Waals surface area (Å²) < 4.78 is 0. The maximum atomic E-state index is 11.8. The lowest BCUT2D eigenvalue weighted by Crippen LogP contribution is -2.47. The van der Waals surface area contributed by atoms with Crippen molar-refractivity contribution in [3.8, 4) is 0 Å². The van der Waals surface area contributed by atoms with Crippen LogP contribution in [-0.2, 0) is 9.59 Å². The first-order chi connectivity index (χ1) is 8.15. The van der Waals surface area contributed by atoms with E-state index in [1.807, 2.05) is 0 Å². The van der Waals surface area contributed by atoms with Crippen molar-refractivity contribution in [3.05, 3.63) is 0 Å². The first kappa shape index (κ1) is 14.0. The molecule has 1 atom stereocenters. The van der Waals surface area contributed by atoms with Gasteiger partial charge in [0.05, 0.1) is 0 Å². The number of likely N-dealkylation sites (tertiary alicyclic amines) is 1. The Labute approximate surface area is 104 Å². The summed E-state index contributed by atoms with van der Waals surface area (Å²) in [4.78, 5) is 25.1. The molecule has 0 aromatic rings. The molecule has 4 heteroatoms. The van der Waals surface area contributed by atoms with Gasteiger partial charge in [-0.3, -0.25) is 9.59 Å². The first-order valence-electron chi connectivity index (χ1n) is 6.72. The number of amides is 2. The van der Waals surface area contributed by atoms with Gasteiger partial charge in [-0.25, -0.2) is 0 Å². The number of nitrogens with one attached hydrogen (secondary N) is 1. The average Bonchev–Trinajstić information content (AvgIpc) is 2.33. The zero-order valence-electron chi connectivity index (χ0n) is 11.0. The van der Waals surface area contributed by atoms with Crippen molar-refractivity contribution < 1.29 is 9.59 Å². The summed E-state index contributed by atoms with van der Waals surface area (Å²) in [6.45, 7) is 6.30. The van der Waals surface area contributed by atoms with Crippen LogP contribution in [0.4, 0.5) is 0 Å². The topological polar surface area (TPSA) is 49.4 Å². The van der Waals surface area contributed by atoms with Gasteiger partial charge in [0.2, 0.25) is 0 Å². The van der Waals surface area contributed by atoms with E-state index in [-0.39, 0.29) is 5.91 Å². The molecule has 1 unspecified atom stereocenters. The van der Waals surface area contributed by atoms with Crippen molar-refractivity contribution in [2.24, 2.45) is 5.92 Å². The van der Waals surface area contributed by atoms with Gasteiger partial charge in [0.1, 0.15) is 0 Å². The van der Waals surface area contributed by atoms with Gasteiger partial charge < -0.3 is 10.2 Å². The van der Waals surface area contributed by atoms with Crippen molar-refractivity contribution in [2.45, 2.75) is 46.0 Å². The fourth-order valence-electron chi connectivity index (χ4n) is 2.17. The predicted octanol–water partition coefficient (Wildman–Crippen LogP) is 1.55. The highest BCUT2D eigenvalue weighted by molar-refractivity contribution is 6.35. The van der Waals surface area contributed by atoms with Crippen LogP contribution in [-0.4, -0.2) is 36.3 Å². The molecule has 1 saturated heterocycles. The molecule has 4 nitrogen and oxygen atoms in total. The van der Waals surface area contributed by atoms with E-state index in [1.165, 1.54) is 0 Å². The predicted molar refractivity (Wildman–Crippen MR) is 67.5 cm³/mol. The normalized spacial score (nSPS) is 20.1. The van der Waals surface area contributed by atoms with Crippen LogP contribution in [0.1, 0.15) is 46.0 Å². The fourth-order valence-corrected chi connectivity index (χ4v) is 2.17. The molecule has 98 valence electrons. The molecule has 0 spiro atoms. The van der Waals surface area contributed by atoms with E-state index in [0.29, 0.717) is 12.5 Å². The molecule has 2 amide bonds. The van der Waals surface area contributed by atoms with Crippen LogP contribution < -0.4 is 5.32 Å². The second kappa shape index (κ2) is 7.30. The molecule has 1 aliphatic heterocycles. The number of carbonyl (C=O) groups is 2. The monoisotopic (exact) mass is 240 g/mol. The highest BCUT2D eigenvalue weighted by Crippen LogP contribution is 2.15. The first-order valence-corrected chi connectivity index (χ1v) is 6.72. The highest BCUT2D eigenvalue weighted by atomic mass is 16.2. The van der Waals surface area contributed by atoms with Gasteiger partial charge in [0, 0.05) is 19.6 Å². The van der Waals surface area contributed by atoms with Gasteiger partial charge >= 0.3 is 11.8 Å². The number of nitrogens with zero attached hydrogens (tertiary/aromatic N) is 1. The van der Waals surface area contributed by atoms with Crippen LogP contribution in [0.25, 0.3) is 0 Å². The van der Waals surface area contributed by atoms with E-state index in [0.717, 1.165) is 45.2 Å². The van der Waals surface area contributed by atoms with Gasteiger partial charge in [0.25, 0.3) is 0 Å². The zero-order valence-corrected chi connectivity index (χ0v) is 11.0. The summed E-state index contributed by atoms with van der Waals surface area (Å²) in [5, 5.41) is 2.70. The molecule has 1 aliphatic rings. The van der Waals surface area contributed by atoms with E-state index in [1.54, 1.807) is 4.90 Å². The van der Waals surface area contributed by atoms with Crippen LogP contribution in [0.5, 0.6) is 0 Å². The molecule has 1 rings (SSSR count). The lowest BCUT2D eigenvalue weighted by molar-refractivity contribution is -0.146. The minimum absolute atomic E-state index is 0.354. The summed E-state index contributed by atoms with van der Waals surface area (Å²) in [5.41, 5.74) is 0. The highest BCUT2D eigenvalue weighted by Gasteiger charge is 2.25. The molecule has 0 saturated carbocycles. The number of carbonyl (C=O) groups excluding carboxylic acids is 2. The lowest BCUT2D eigenvalue weighted by atomic mass is 10.0. The summed E-state index contributed by atoms with van der Waals surface area (Å²) in [5.74, 6) is -0.274. The Morgan fingerprint density at radius 1 is 1.35 bits per heavy atom.